The Morgan fingerprint density at radius 3 is 2.71 bits per heavy atom. The molecule has 17 heavy (non-hydrogen) atoms. The van der Waals surface area contributed by atoms with Gasteiger partial charge < -0.3 is 10.5 Å². The maximum Gasteiger partial charge on any atom is 0.237 e. The molecule has 4 nitrogen and oxygen atoms in total. The summed E-state index contributed by atoms with van der Waals surface area (Å²) in [6, 6.07) is 5.79. The Kier molecular flexibility index (Phi) is 3.71. The molecule has 2 aromatic rings. The molecule has 0 amide bonds. The summed E-state index contributed by atoms with van der Waals surface area (Å²) in [5, 5.41) is 0. The van der Waals surface area contributed by atoms with Crippen LogP contribution in [0.1, 0.15) is 11.3 Å². The number of nitrogens with two attached hydrogens (primary N) is 1. The Hall–Kier alpha value is -1.46. The molecule has 0 aliphatic heterocycles. The minimum atomic E-state index is 0.380. The van der Waals surface area contributed by atoms with E-state index in [-0.39, 0.29) is 0 Å². The van der Waals surface area contributed by atoms with Crippen LogP contribution in [0.3, 0.4) is 0 Å². The van der Waals surface area contributed by atoms with Crippen LogP contribution in [0.5, 0.6) is 11.6 Å². The minimum absolute atomic E-state index is 0.380. The average molecular weight is 294 g/mol. The maximum absolute atomic E-state index is 5.63. The molecule has 1 heterocycles. The third kappa shape index (κ3) is 3.01. The van der Waals surface area contributed by atoms with Crippen LogP contribution in [0, 0.1) is 6.92 Å². The standard InChI is InChI=1S/C12H12BrN3O/c1-8-4-9(13)2-3-11(8)17-12-7-15-10(5-14)6-16-12/h2-4,6-7H,5,14H2,1H3. The summed E-state index contributed by atoms with van der Waals surface area (Å²) in [7, 11) is 0. The highest BCUT2D eigenvalue weighted by Gasteiger charge is 2.03. The van der Waals surface area contributed by atoms with Gasteiger partial charge in [0.05, 0.1) is 18.1 Å². The van der Waals surface area contributed by atoms with Gasteiger partial charge in [-0.1, -0.05) is 15.9 Å². The summed E-state index contributed by atoms with van der Waals surface area (Å²) < 4.78 is 6.65. The zero-order valence-corrected chi connectivity index (χ0v) is 10.9. The predicted molar refractivity (Wildman–Crippen MR) is 68.9 cm³/mol. The number of benzene rings is 1. The van der Waals surface area contributed by atoms with Crippen LogP contribution in [0.25, 0.3) is 0 Å². The lowest BCUT2D eigenvalue weighted by Gasteiger charge is -2.07. The van der Waals surface area contributed by atoms with Crippen LogP contribution in [0.15, 0.2) is 35.1 Å². The molecule has 0 spiro atoms. The van der Waals surface area contributed by atoms with Gasteiger partial charge in [-0.25, -0.2) is 4.98 Å². The summed E-state index contributed by atoms with van der Waals surface area (Å²) in [5.41, 5.74) is 7.22. The Morgan fingerprint density at radius 1 is 1.29 bits per heavy atom. The molecule has 0 unspecified atom stereocenters. The molecule has 5 heteroatoms. The summed E-state index contributed by atoms with van der Waals surface area (Å²) in [4.78, 5) is 8.25. The number of rotatable bonds is 3. The topological polar surface area (TPSA) is 61.0 Å². The van der Waals surface area contributed by atoms with Crippen LogP contribution in [0.4, 0.5) is 0 Å². The van der Waals surface area contributed by atoms with Gasteiger partial charge in [-0.05, 0) is 30.7 Å². The van der Waals surface area contributed by atoms with Gasteiger partial charge in [-0.15, -0.1) is 0 Å². The zero-order valence-electron chi connectivity index (χ0n) is 9.35. The number of hydrogen-bond acceptors (Lipinski definition) is 4. The molecule has 2 rings (SSSR count). The third-order valence-corrected chi connectivity index (χ3v) is 2.74. The van der Waals surface area contributed by atoms with Crippen molar-refractivity contribution in [2.24, 2.45) is 5.73 Å². The van der Waals surface area contributed by atoms with Gasteiger partial charge >= 0.3 is 0 Å². The fourth-order valence-corrected chi connectivity index (χ4v) is 1.82. The molecule has 1 aromatic heterocycles. The van der Waals surface area contributed by atoms with E-state index in [0.717, 1.165) is 21.5 Å². The number of nitrogens with zero attached hydrogens (tertiary/aromatic N) is 2. The highest BCUT2D eigenvalue weighted by Crippen LogP contribution is 2.25. The van der Waals surface area contributed by atoms with E-state index in [1.165, 1.54) is 0 Å². The van der Waals surface area contributed by atoms with Crippen molar-refractivity contribution < 1.29 is 4.74 Å². The predicted octanol–water partition coefficient (Wildman–Crippen LogP) is 2.80. The van der Waals surface area contributed by atoms with Gasteiger partial charge in [0.15, 0.2) is 0 Å². The molecule has 88 valence electrons. The molecule has 1 aromatic carbocycles. The van der Waals surface area contributed by atoms with E-state index in [2.05, 4.69) is 25.9 Å². The van der Waals surface area contributed by atoms with Crippen molar-refractivity contribution in [1.82, 2.24) is 9.97 Å². The number of halogens is 1. The second-order valence-corrected chi connectivity index (χ2v) is 4.48. The second kappa shape index (κ2) is 5.25. The maximum atomic E-state index is 5.63. The number of aryl methyl sites for hydroxylation is 1. The van der Waals surface area contributed by atoms with Gasteiger partial charge in [-0.2, -0.15) is 0 Å². The average Bonchev–Trinajstić information content (AvgIpc) is 2.34. The summed E-state index contributed by atoms with van der Waals surface area (Å²) in [6.07, 6.45) is 3.19. The second-order valence-electron chi connectivity index (χ2n) is 3.56. The van der Waals surface area contributed by atoms with Gasteiger partial charge in [0.2, 0.25) is 5.88 Å². The van der Waals surface area contributed by atoms with Crippen molar-refractivity contribution in [3.8, 4) is 11.6 Å². The normalized spacial score (nSPS) is 10.3. The smallest absolute Gasteiger partial charge is 0.237 e. The number of ether oxygens (including phenoxy) is 1. The third-order valence-electron chi connectivity index (χ3n) is 2.24. The van der Waals surface area contributed by atoms with Crippen LogP contribution >= 0.6 is 15.9 Å². The summed E-state index contributed by atoms with van der Waals surface area (Å²) >= 11 is 3.40. The first-order valence-corrected chi connectivity index (χ1v) is 5.93. The lowest BCUT2D eigenvalue weighted by atomic mass is 10.2. The molecular weight excluding hydrogens is 282 g/mol. The molecule has 0 aliphatic rings. The SMILES string of the molecule is Cc1cc(Br)ccc1Oc1cnc(CN)cn1. The van der Waals surface area contributed by atoms with Gasteiger partial charge in [0, 0.05) is 11.0 Å². The van der Waals surface area contributed by atoms with Crippen LogP contribution in [-0.4, -0.2) is 9.97 Å². The highest BCUT2D eigenvalue weighted by molar-refractivity contribution is 9.10. The van der Waals surface area contributed by atoms with Crippen LogP contribution in [0.2, 0.25) is 0 Å². The molecule has 0 saturated carbocycles. The molecule has 0 bridgehead atoms. The monoisotopic (exact) mass is 293 g/mol. The van der Waals surface area contributed by atoms with Gasteiger partial charge in [0.1, 0.15) is 5.75 Å². The molecule has 0 radical (unpaired) electrons. The molecule has 0 fully saturated rings. The van der Waals surface area contributed by atoms with Crippen molar-refractivity contribution in [2.75, 3.05) is 0 Å². The van der Waals surface area contributed by atoms with Crippen molar-refractivity contribution in [1.29, 1.82) is 0 Å². The number of hydrogen-bond donors (Lipinski definition) is 1. The first kappa shape index (κ1) is 12.0. The first-order chi connectivity index (χ1) is 8.19. The molecular formula is C12H12BrN3O. The van der Waals surface area contributed by atoms with Crippen molar-refractivity contribution in [2.45, 2.75) is 13.5 Å². The highest BCUT2D eigenvalue weighted by atomic mass is 79.9. The zero-order chi connectivity index (χ0) is 12.3. The summed E-state index contributed by atoms with van der Waals surface area (Å²) in [5.74, 6) is 1.23. The van der Waals surface area contributed by atoms with E-state index in [9.17, 15) is 0 Å². The summed E-state index contributed by atoms with van der Waals surface area (Å²) in [6.45, 7) is 2.35. The Morgan fingerprint density at radius 2 is 2.12 bits per heavy atom. The molecule has 0 atom stereocenters. The van der Waals surface area contributed by atoms with E-state index in [4.69, 9.17) is 10.5 Å². The fourth-order valence-electron chi connectivity index (χ4n) is 1.34. The van der Waals surface area contributed by atoms with E-state index >= 15 is 0 Å². The largest absolute Gasteiger partial charge is 0.437 e. The van der Waals surface area contributed by atoms with Gasteiger partial charge in [0.25, 0.3) is 0 Å². The quantitative estimate of drug-likeness (QED) is 0.945. The van der Waals surface area contributed by atoms with E-state index in [1.807, 2.05) is 25.1 Å². The number of aromatic nitrogens is 2. The van der Waals surface area contributed by atoms with Gasteiger partial charge in [-0.3, -0.25) is 4.98 Å². The van der Waals surface area contributed by atoms with Crippen LogP contribution in [-0.2, 0) is 6.54 Å². The Balaban J connectivity index is 2.19. The molecule has 2 N–H and O–H groups in total. The van der Waals surface area contributed by atoms with Crippen molar-refractivity contribution in [3.05, 3.63) is 46.3 Å². The van der Waals surface area contributed by atoms with E-state index in [1.54, 1.807) is 12.4 Å². The lowest BCUT2D eigenvalue weighted by molar-refractivity contribution is 0.456. The van der Waals surface area contributed by atoms with E-state index in [0.29, 0.717) is 12.4 Å². The Bertz CT molecular complexity index is 514. The lowest BCUT2D eigenvalue weighted by Crippen LogP contribution is -2.00. The van der Waals surface area contributed by atoms with E-state index < -0.39 is 0 Å². The molecule has 0 aliphatic carbocycles. The minimum Gasteiger partial charge on any atom is -0.437 e. The first-order valence-electron chi connectivity index (χ1n) is 5.14. The van der Waals surface area contributed by atoms with Crippen molar-refractivity contribution >= 4 is 15.9 Å². The van der Waals surface area contributed by atoms with Crippen LogP contribution < -0.4 is 10.5 Å². The molecule has 0 saturated heterocycles. The fraction of sp³-hybridized carbons (Fsp3) is 0.167. The van der Waals surface area contributed by atoms with Crippen molar-refractivity contribution in [3.63, 3.8) is 0 Å². The Labute approximate surface area is 108 Å².